The van der Waals surface area contributed by atoms with Crippen molar-refractivity contribution in [2.24, 2.45) is 5.41 Å². The molecule has 1 saturated heterocycles. The van der Waals surface area contributed by atoms with Crippen LogP contribution in [0.2, 0.25) is 0 Å². The largest absolute Gasteiger partial charge is 0.465 e. The van der Waals surface area contributed by atoms with Gasteiger partial charge < -0.3 is 15.1 Å². The second kappa shape index (κ2) is 6.05. The predicted octanol–water partition coefficient (Wildman–Crippen LogP) is 1.47. The van der Waals surface area contributed by atoms with Gasteiger partial charge in [-0.05, 0) is 25.3 Å². The first-order chi connectivity index (χ1) is 12.4. The number of carbonyl (C=O) groups is 1. The van der Waals surface area contributed by atoms with Crippen molar-refractivity contribution >= 4 is 17.0 Å². The lowest BCUT2D eigenvalue weighted by atomic mass is 9.66. The highest BCUT2D eigenvalue weighted by molar-refractivity contribution is 5.75. The van der Waals surface area contributed by atoms with E-state index in [4.69, 9.17) is 0 Å². The highest BCUT2D eigenvalue weighted by Gasteiger charge is 2.55. The fourth-order valence-corrected chi connectivity index (χ4v) is 4.66. The van der Waals surface area contributed by atoms with Crippen LogP contribution in [0, 0.1) is 5.41 Å². The molecular formula is C18H22N4O4. The minimum atomic E-state index is -1.13. The minimum absolute atomic E-state index is 0.122. The van der Waals surface area contributed by atoms with Crippen LogP contribution in [0.15, 0.2) is 29.6 Å². The summed E-state index contributed by atoms with van der Waals surface area (Å²) in [6.07, 6.45) is 7.37. The molecule has 0 bridgehead atoms. The number of aromatic nitrogens is 3. The normalized spacial score (nSPS) is 25.0. The molecule has 26 heavy (non-hydrogen) atoms. The maximum Gasteiger partial charge on any atom is 0.407 e. The number of aliphatic hydroxyl groups is 1. The Kier molecular flexibility index (Phi) is 3.95. The van der Waals surface area contributed by atoms with Crippen molar-refractivity contribution in [1.29, 1.82) is 0 Å². The zero-order valence-corrected chi connectivity index (χ0v) is 14.5. The smallest absolute Gasteiger partial charge is 0.407 e. The average molecular weight is 358 g/mol. The number of pyridine rings is 1. The van der Waals surface area contributed by atoms with E-state index < -0.39 is 17.1 Å². The van der Waals surface area contributed by atoms with Gasteiger partial charge in [0.15, 0.2) is 0 Å². The number of nitrogens with zero attached hydrogens (tertiary/aromatic N) is 4. The maximum atomic E-state index is 12.8. The molecule has 0 aromatic carbocycles. The topological polar surface area (TPSA) is 109 Å². The lowest BCUT2D eigenvalue weighted by Crippen LogP contribution is -2.62. The van der Waals surface area contributed by atoms with Crippen molar-refractivity contribution in [2.75, 3.05) is 13.1 Å². The number of piperidine rings is 1. The molecule has 1 amide bonds. The van der Waals surface area contributed by atoms with E-state index in [1.807, 2.05) is 0 Å². The molecule has 2 aromatic heterocycles. The van der Waals surface area contributed by atoms with Gasteiger partial charge in [-0.2, -0.15) is 0 Å². The summed E-state index contributed by atoms with van der Waals surface area (Å²) in [6.45, 7) is 0.707. The van der Waals surface area contributed by atoms with Crippen LogP contribution in [0.4, 0.5) is 4.79 Å². The van der Waals surface area contributed by atoms with Gasteiger partial charge >= 0.3 is 6.09 Å². The van der Waals surface area contributed by atoms with E-state index in [9.17, 15) is 19.8 Å². The molecule has 1 atom stereocenters. The minimum Gasteiger partial charge on any atom is -0.465 e. The molecule has 2 N–H and O–H groups in total. The van der Waals surface area contributed by atoms with Crippen molar-refractivity contribution in [3.63, 3.8) is 0 Å². The van der Waals surface area contributed by atoms with Crippen molar-refractivity contribution in [3.8, 4) is 0 Å². The van der Waals surface area contributed by atoms with Crippen LogP contribution < -0.4 is 5.56 Å². The molecule has 0 radical (unpaired) electrons. The Balaban J connectivity index is 1.71. The third-order valence-corrected chi connectivity index (χ3v) is 6.16. The Morgan fingerprint density at radius 3 is 2.77 bits per heavy atom. The van der Waals surface area contributed by atoms with Crippen molar-refractivity contribution in [2.45, 2.75) is 44.2 Å². The zero-order valence-electron chi connectivity index (χ0n) is 14.5. The molecule has 8 heteroatoms. The predicted molar refractivity (Wildman–Crippen MR) is 93.9 cm³/mol. The van der Waals surface area contributed by atoms with E-state index in [0.717, 1.165) is 25.7 Å². The van der Waals surface area contributed by atoms with Crippen LogP contribution in [-0.4, -0.2) is 54.4 Å². The molecule has 4 rings (SSSR count). The first kappa shape index (κ1) is 17.0. The Morgan fingerprint density at radius 2 is 2.04 bits per heavy atom. The van der Waals surface area contributed by atoms with Crippen LogP contribution in [0.25, 0.3) is 10.9 Å². The zero-order chi connectivity index (χ0) is 18.4. The van der Waals surface area contributed by atoms with Gasteiger partial charge in [0.1, 0.15) is 0 Å². The molecule has 138 valence electrons. The summed E-state index contributed by atoms with van der Waals surface area (Å²) in [4.78, 5) is 33.9. The fraction of sp³-hybridized carbons (Fsp3) is 0.556. The molecule has 1 saturated carbocycles. The van der Waals surface area contributed by atoms with Crippen molar-refractivity contribution < 1.29 is 15.0 Å². The monoisotopic (exact) mass is 358 g/mol. The standard InChI is InChI=1S/C18H22N4O4/c23-15-13-9-19-7-3-14(13)20-12-22(15)11-18(26)6-8-21(16(24)25)10-17(18)4-1-2-5-17/h3,7,9,12,26H,1-2,4-6,8,10-11H2,(H,24,25). The molecule has 8 nitrogen and oxygen atoms in total. The number of hydrogen-bond donors (Lipinski definition) is 2. The second-order valence-electron chi connectivity index (χ2n) is 7.54. The highest BCUT2D eigenvalue weighted by Crippen LogP contribution is 2.51. The molecule has 1 spiro atoms. The number of carboxylic acid groups (broad SMARTS) is 1. The fourth-order valence-electron chi connectivity index (χ4n) is 4.66. The van der Waals surface area contributed by atoms with Gasteiger partial charge in [-0.25, -0.2) is 9.78 Å². The highest BCUT2D eigenvalue weighted by atomic mass is 16.4. The van der Waals surface area contributed by atoms with E-state index in [-0.39, 0.29) is 18.6 Å². The SMILES string of the molecule is O=C(O)N1CCC(O)(Cn2cnc3ccncc3c2=O)C2(CCCC2)C1. The van der Waals surface area contributed by atoms with Crippen LogP contribution >= 0.6 is 0 Å². The number of likely N-dealkylation sites (tertiary alicyclic amines) is 1. The lowest BCUT2D eigenvalue weighted by molar-refractivity contribution is -0.137. The molecule has 3 heterocycles. The molecular weight excluding hydrogens is 336 g/mol. The van der Waals surface area contributed by atoms with E-state index in [0.29, 0.717) is 23.9 Å². The molecule has 1 aliphatic heterocycles. The molecule has 1 unspecified atom stereocenters. The van der Waals surface area contributed by atoms with Crippen LogP contribution in [0.1, 0.15) is 32.1 Å². The lowest BCUT2D eigenvalue weighted by Gasteiger charge is -2.51. The second-order valence-corrected chi connectivity index (χ2v) is 7.54. The van der Waals surface area contributed by atoms with Crippen LogP contribution in [0.3, 0.4) is 0 Å². The van der Waals surface area contributed by atoms with E-state index in [2.05, 4.69) is 9.97 Å². The first-order valence-corrected chi connectivity index (χ1v) is 8.94. The summed E-state index contributed by atoms with van der Waals surface area (Å²) in [7, 11) is 0. The molecule has 1 aliphatic carbocycles. The quantitative estimate of drug-likeness (QED) is 0.841. The number of rotatable bonds is 2. The summed E-state index contributed by atoms with van der Waals surface area (Å²) >= 11 is 0. The van der Waals surface area contributed by atoms with Gasteiger partial charge in [0, 0.05) is 30.9 Å². The average Bonchev–Trinajstić information content (AvgIpc) is 3.10. The van der Waals surface area contributed by atoms with E-state index in [1.54, 1.807) is 12.3 Å². The van der Waals surface area contributed by atoms with Gasteiger partial charge in [-0.3, -0.25) is 14.3 Å². The van der Waals surface area contributed by atoms with Crippen molar-refractivity contribution in [1.82, 2.24) is 19.4 Å². The summed E-state index contributed by atoms with van der Waals surface area (Å²) < 4.78 is 1.44. The van der Waals surface area contributed by atoms with Gasteiger partial charge in [0.25, 0.3) is 5.56 Å². The Labute approximate surface area is 150 Å². The van der Waals surface area contributed by atoms with E-state index in [1.165, 1.54) is 22.0 Å². The van der Waals surface area contributed by atoms with Crippen LogP contribution in [0.5, 0.6) is 0 Å². The van der Waals surface area contributed by atoms with Gasteiger partial charge in [0.2, 0.25) is 0 Å². The third-order valence-electron chi connectivity index (χ3n) is 6.16. The Morgan fingerprint density at radius 1 is 1.27 bits per heavy atom. The number of amides is 1. The maximum absolute atomic E-state index is 12.8. The summed E-state index contributed by atoms with van der Waals surface area (Å²) in [5, 5.41) is 21.3. The Hall–Kier alpha value is -2.48. The van der Waals surface area contributed by atoms with E-state index >= 15 is 0 Å². The Bertz CT molecular complexity index is 905. The van der Waals surface area contributed by atoms with Gasteiger partial charge in [-0.15, -0.1) is 0 Å². The summed E-state index contributed by atoms with van der Waals surface area (Å²) in [5.41, 5.74) is -1.29. The summed E-state index contributed by atoms with van der Waals surface area (Å²) in [6, 6.07) is 1.68. The van der Waals surface area contributed by atoms with Gasteiger partial charge in [0.05, 0.1) is 29.4 Å². The number of hydrogen-bond acceptors (Lipinski definition) is 5. The van der Waals surface area contributed by atoms with Gasteiger partial charge in [-0.1, -0.05) is 12.8 Å². The molecule has 2 fully saturated rings. The molecule has 2 aliphatic rings. The van der Waals surface area contributed by atoms with Crippen molar-refractivity contribution in [3.05, 3.63) is 35.1 Å². The first-order valence-electron chi connectivity index (χ1n) is 8.94. The molecule has 2 aromatic rings. The summed E-state index contributed by atoms with van der Waals surface area (Å²) in [5.74, 6) is 0. The van der Waals surface area contributed by atoms with Crippen LogP contribution in [-0.2, 0) is 6.54 Å². The third kappa shape index (κ3) is 2.56. The number of fused-ring (bicyclic) bond motifs is 1.